The van der Waals surface area contributed by atoms with E-state index in [1.165, 1.54) is 18.5 Å². The molecule has 9 heteroatoms. The molecule has 0 radical (unpaired) electrons. The Morgan fingerprint density at radius 1 is 1.21 bits per heavy atom. The third-order valence-corrected chi connectivity index (χ3v) is 3.95. The van der Waals surface area contributed by atoms with Crippen LogP contribution in [0, 0.1) is 5.82 Å². The number of halogens is 1. The lowest BCUT2D eigenvalue weighted by molar-refractivity contribution is -0.123. The number of hydrogen-bond acceptors (Lipinski definition) is 7. The Balaban J connectivity index is 1.46. The summed E-state index contributed by atoms with van der Waals surface area (Å²) in [4.78, 5) is 20.1. The first-order valence-corrected chi connectivity index (χ1v) is 8.49. The van der Waals surface area contributed by atoms with Crippen LogP contribution in [0.4, 0.5) is 4.39 Å². The predicted molar refractivity (Wildman–Crippen MR) is 95.9 cm³/mol. The highest BCUT2D eigenvalue weighted by Crippen LogP contribution is 2.32. The van der Waals surface area contributed by atoms with Gasteiger partial charge in [-0.1, -0.05) is 17.3 Å². The van der Waals surface area contributed by atoms with Crippen LogP contribution in [0.5, 0.6) is 5.88 Å². The fourth-order valence-electron chi connectivity index (χ4n) is 2.67. The smallest absolute Gasteiger partial charge is 0.265 e. The quantitative estimate of drug-likeness (QED) is 0.524. The Hall–Kier alpha value is -3.75. The van der Waals surface area contributed by atoms with Gasteiger partial charge in [0, 0.05) is 18.5 Å². The summed E-state index contributed by atoms with van der Waals surface area (Å²) in [7, 11) is 0. The van der Waals surface area contributed by atoms with Gasteiger partial charge in [-0.05, 0) is 24.3 Å². The summed E-state index contributed by atoms with van der Waals surface area (Å²) in [6.45, 7) is 0.161. The highest BCUT2D eigenvalue weighted by atomic mass is 19.1. The summed E-state index contributed by atoms with van der Waals surface area (Å²) >= 11 is 0. The van der Waals surface area contributed by atoms with E-state index in [1.807, 2.05) is 6.07 Å². The number of carbonyl (C=O) groups excluding carboxylic acids is 1. The molecule has 0 unspecified atom stereocenters. The van der Waals surface area contributed by atoms with E-state index in [4.69, 9.17) is 13.7 Å². The molecule has 0 saturated carbocycles. The summed E-state index contributed by atoms with van der Waals surface area (Å²) in [5, 5.41) is 7.04. The van der Waals surface area contributed by atoms with Gasteiger partial charge in [0.1, 0.15) is 29.0 Å². The topological polar surface area (TPSA) is 103 Å². The van der Waals surface area contributed by atoms with Gasteiger partial charge in [-0.3, -0.25) is 4.79 Å². The predicted octanol–water partition coefficient (Wildman–Crippen LogP) is 2.75. The van der Waals surface area contributed by atoms with Crippen LogP contribution in [0.15, 0.2) is 57.9 Å². The standard InChI is InChI=1S/C19H15FN4O4/c20-13-4-1-3-12(9-13)17-16-18(22-11-23-19(16)28-24-17)27-10-15(25)21-7-6-14-5-2-8-26-14/h1-5,8-9,11H,6-7,10H2,(H,21,25). The number of rotatable bonds is 7. The summed E-state index contributed by atoms with van der Waals surface area (Å²) in [6, 6.07) is 9.50. The van der Waals surface area contributed by atoms with Gasteiger partial charge in [0.05, 0.1) is 6.26 Å². The molecule has 3 aromatic heterocycles. The number of nitrogens with zero attached hydrogens (tertiary/aromatic N) is 3. The molecule has 0 aliphatic rings. The maximum atomic E-state index is 13.6. The van der Waals surface area contributed by atoms with Gasteiger partial charge < -0.3 is 19.0 Å². The van der Waals surface area contributed by atoms with E-state index in [2.05, 4.69) is 20.4 Å². The molecule has 1 N–H and O–H groups in total. The third-order valence-electron chi connectivity index (χ3n) is 3.95. The van der Waals surface area contributed by atoms with Gasteiger partial charge in [0.2, 0.25) is 5.88 Å². The highest BCUT2D eigenvalue weighted by molar-refractivity contribution is 5.93. The minimum atomic E-state index is -0.413. The molecule has 0 saturated heterocycles. The van der Waals surface area contributed by atoms with Crippen molar-refractivity contribution >= 4 is 17.0 Å². The van der Waals surface area contributed by atoms with Crippen molar-refractivity contribution in [1.82, 2.24) is 20.4 Å². The van der Waals surface area contributed by atoms with E-state index in [1.54, 1.807) is 24.5 Å². The van der Waals surface area contributed by atoms with Crippen molar-refractivity contribution in [1.29, 1.82) is 0 Å². The van der Waals surface area contributed by atoms with E-state index in [9.17, 15) is 9.18 Å². The second-order valence-corrected chi connectivity index (χ2v) is 5.87. The number of nitrogens with one attached hydrogen (secondary N) is 1. The lowest BCUT2D eigenvalue weighted by Gasteiger charge is -2.07. The largest absolute Gasteiger partial charge is 0.469 e. The molecule has 4 aromatic rings. The molecule has 28 heavy (non-hydrogen) atoms. The molecular weight excluding hydrogens is 367 g/mol. The first kappa shape index (κ1) is 17.7. The normalized spacial score (nSPS) is 10.9. The number of furan rings is 1. The molecule has 4 rings (SSSR count). The number of hydrogen-bond donors (Lipinski definition) is 1. The van der Waals surface area contributed by atoms with Crippen LogP contribution in [0.3, 0.4) is 0 Å². The molecule has 0 aliphatic carbocycles. The fourth-order valence-corrected chi connectivity index (χ4v) is 2.67. The molecule has 8 nitrogen and oxygen atoms in total. The van der Waals surface area contributed by atoms with Crippen molar-refractivity contribution in [3.63, 3.8) is 0 Å². The van der Waals surface area contributed by atoms with Crippen LogP contribution in [0.25, 0.3) is 22.4 Å². The maximum absolute atomic E-state index is 13.6. The zero-order valence-corrected chi connectivity index (χ0v) is 14.6. The molecule has 0 fully saturated rings. The molecule has 142 valence electrons. The van der Waals surface area contributed by atoms with Crippen LogP contribution in [-0.2, 0) is 11.2 Å². The zero-order chi connectivity index (χ0) is 19.3. The Morgan fingerprint density at radius 3 is 2.96 bits per heavy atom. The van der Waals surface area contributed by atoms with Gasteiger partial charge >= 0.3 is 0 Å². The van der Waals surface area contributed by atoms with Crippen molar-refractivity contribution in [3.8, 4) is 17.1 Å². The molecule has 0 aliphatic heterocycles. The zero-order valence-electron chi connectivity index (χ0n) is 14.6. The van der Waals surface area contributed by atoms with Gasteiger partial charge in [-0.2, -0.15) is 4.98 Å². The van der Waals surface area contributed by atoms with E-state index >= 15 is 0 Å². The van der Waals surface area contributed by atoms with Crippen LogP contribution in [0.2, 0.25) is 0 Å². The van der Waals surface area contributed by atoms with Crippen molar-refractivity contribution in [3.05, 3.63) is 60.6 Å². The van der Waals surface area contributed by atoms with E-state index in [0.717, 1.165) is 5.76 Å². The van der Waals surface area contributed by atoms with Gasteiger partial charge in [0.15, 0.2) is 6.61 Å². The van der Waals surface area contributed by atoms with Gasteiger partial charge in [0.25, 0.3) is 11.6 Å². The summed E-state index contributed by atoms with van der Waals surface area (Å²) in [5.41, 5.74) is 1.01. The SMILES string of the molecule is O=C(COc1ncnc2onc(-c3cccc(F)c3)c12)NCCc1ccco1. The minimum Gasteiger partial charge on any atom is -0.469 e. The number of amides is 1. The van der Waals surface area contributed by atoms with Crippen molar-refractivity contribution < 1.29 is 22.9 Å². The number of ether oxygens (including phenoxy) is 1. The average Bonchev–Trinajstić information content (AvgIpc) is 3.36. The van der Waals surface area contributed by atoms with Crippen LogP contribution >= 0.6 is 0 Å². The average molecular weight is 382 g/mol. The lowest BCUT2D eigenvalue weighted by Crippen LogP contribution is -2.30. The Kier molecular flexibility index (Phi) is 4.96. The molecule has 1 aromatic carbocycles. The Bertz CT molecular complexity index is 1090. The molecule has 3 heterocycles. The van der Waals surface area contributed by atoms with E-state index in [-0.39, 0.29) is 24.1 Å². The van der Waals surface area contributed by atoms with E-state index in [0.29, 0.717) is 29.6 Å². The van der Waals surface area contributed by atoms with Gasteiger partial charge in [-0.15, -0.1) is 0 Å². The maximum Gasteiger partial charge on any atom is 0.265 e. The second kappa shape index (κ2) is 7.87. The van der Waals surface area contributed by atoms with Crippen LogP contribution in [0.1, 0.15) is 5.76 Å². The number of fused-ring (bicyclic) bond motifs is 1. The Morgan fingerprint density at radius 2 is 2.14 bits per heavy atom. The number of carbonyl (C=O) groups is 1. The summed E-state index contributed by atoms with van der Waals surface area (Å²) in [6.07, 6.45) is 3.40. The van der Waals surface area contributed by atoms with Crippen LogP contribution < -0.4 is 10.1 Å². The van der Waals surface area contributed by atoms with Gasteiger partial charge in [-0.25, -0.2) is 9.37 Å². The highest BCUT2D eigenvalue weighted by Gasteiger charge is 2.19. The molecule has 1 amide bonds. The number of benzene rings is 1. The first-order valence-electron chi connectivity index (χ1n) is 8.49. The number of aromatic nitrogens is 3. The molecular formula is C19H15FN4O4. The second-order valence-electron chi connectivity index (χ2n) is 5.87. The summed E-state index contributed by atoms with van der Waals surface area (Å²) in [5.74, 6) is 0.181. The monoisotopic (exact) mass is 382 g/mol. The minimum absolute atomic E-state index is 0.131. The van der Waals surface area contributed by atoms with Crippen molar-refractivity contribution in [2.75, 3.05) is 13.2 Å². The summed E-state index contributed by atoms with van der Waals surface area (Å²) < 4.78 is 29.5. The lowest BCUT2D eigenvalue weighted by atomic mass is 10.1. The molecule has 0 atom stereocenters. The van der Waals surface area contributed by atoms with E-state index < -0.39 is 5.82 Å². The van der Waals surface area contributed by atoms with Crippen molar-refractivity contribution in [2.45, 2.75) is 6.42 Å². The Labute approximate surface area is 158 Å². The molecule has 0 bridgehead atoms. The molecule has 0 spiro atoms. The fraction of sp³-hybridized carbons (Fsp3) is 0.158. The third kappa shape index (κ3) is 3.83. The first-order chi connectivity index (χ1) is 13.7. The van der Waals surface area contributed by atoms with Crippen LogP contribution in [-0.4, -0.2) is 34.2 Å². The van der Waals surface area contributed by atoms with Crippen molar-refractivity contribution in [2.24, 2.45) is 0 Å².